The van der Waals surface area contributed by atoms with Crippen molar-refractivity contribution in [3.05, 3.63) is 0 Å². The lowest BCUT2D eigenvalue weighted by atomic mass is 9.59. The van der Waals surface area contributed by atoms with Crippen molar-refractivity contribution in [2.24, 2.45) is 16.2 Å². The van der Waals surface area contributed by atoms with Crippen LogP contribution in [0.15, 0.2) is 0 Å². The summed E-state index contributed by atoms with van der Waals surface area (Å²) in [5, 5.41) is 0. The molecule has 1 heterocycles. The molecule has 0 radical (unpaired) electrons. The van der Waals surface area contributed by atoms with Gasteiger partial charge in [0.25, 0.3) is 0 Å². The Kier molecular flexibility index (Phi) is 1.39. The Hall–Kier alpha value is -0.370. The van der Waals surface area contributed by atoms with E-state index in [1.54, 1.807) is 0 Å². The van der Waals surface area contributed by atoms with Crippen LogP contribution in [0.25, 0.3) is 0 Å². The second-order valence-electron chi connectivity index (χ2n) is 7.91. The number of carbonyl (C=O) groups excluding carboxylic acids is 1. The highest BCUT2D eigenvalue weighted by Crippen LogP contribution is 2.85. The SMILES string of the molecule is CC1(C)C(=O)[C@]2(C)O[C@]3(C)CC14CCCC42C3. The summed E-state index contributed by atoms with van der Waals surface area (Å²) in [7, 11) is 0. The van der Waals surface area contributed by atoms with Crippen molar-refractivity contribution < 1.29 is 9.53 Å². The van der Waals surface area contributed by atoms with E-state index in [2.05, 4.69) is 27.7 Å². The summed E-state index contributed by atoms with van der Waals surface area (Å²) in [5.74, 6) is 0.380. The summed E-state index contributed by atoms with van der Waals surface area (Å²) in [4.78, 5) is 12.9. The Balaban J connectivity index is 2.08. The number of rotatable bonds is 0. The monoisotopic (exact) mass is 234 g/mol. The fourth-order valence-electron chi connectivity index (χ4n) is 6.76. The number of hydrogen-bond donors (Lipinski definition) is 0. The van der Waals surface area contributed by atoms with E-state index < -0.39 is 5.60 Å². The predicted molar refractivity (Wildman–Crippen MR) is 64.6 cm³/mol. The number of hydrogen-bond acceptors (Lipinski definition) is 2. The van der Waals surface area contributed by atoms with E-state index in [-0.39, 0.29) is 21.8 Å². The summed E-state index contributed by atoms with van der Waals surface area (Å²) in [6.07, 6.45) is 5.94. The molecule has 4 fully saturated rings. The van der Waals surface area contributed by atoms with E-state index in [4.69, 9.17) is 4.74 Å². The Bertz CT molecular complexity index is 450. The van der Waals surface area contributed by atoms with Crippen LogP contribution in [-0.4, -0.2) is 17.0 Å². The Labute approximate surface area is 103 Å². The standard InChI is InChI=1S/C15H22O2/c1-11(2)10(16)13(4)15-7-5-6-14(11,15)8-12(3,9-15)17-13/h5-9H2,1-4H3/t12-,13+,14?,15?/m1/s1. The molecule has 2 bridgehead atoms. The Morgan fingerprint density at radius 1 is 1.00 bits per heavy atom. The third kappa shape index (κ3) is 0.695. The van der Waals surface area contributed by atoms with Crippen molar-refractivity contribution in [3.8, 4) is 0 Å². The first-order valence-corrected chi connectivity index (χ1v) is 6.98. The quantitative estimate of drug-likeness (QED) is 0.644. The minimum absolute atomic E-state index is 0.0292. The third-order valence-corrected chi connectivity index (χ3v) is 7.04. The molecular weight excluding hydrogens is 212 g/mol. The molecule has 0 aromatic carbocycles. The van der Waals surface area contributed by atoms with E-state index in [1.807, 2.05) is 0 Å². The molecule has 0 aromatic rings. The Morgan fingerprint density at radius 2 is 1.59 bits per heavy atom. The van der Waals surface area contributed by atoms with Gasteiger partial charge < -0.3 is 4.74 Å². The minimum Gasteiger partial charge on any atom is -0.361 e. The van der Waals surface area contributed by atoms with Crippen LogP contribution in [0.5, 0.6) is 0 Å². The van der Waals surface area contributed by atoms with Gasteiger partial charge in [-0.25, -0.2) is 0 Å². The molecule has 3 saturated carbocycles. The Morgan fingerprint density at radius 3 is 2.24 bits per heavy atom. The van der Waals surface area contributed by atoms with Crippen molar-refractivity contribution in [2.75, 3.05) is 0 Å². The fraction of sp³-hybridized carbons (Fsp3) is 0.933. The molecule has 2 unspecified atom stereocenters. The summed E-state index contributed by atoms with van der Waals surface area (Å²) < 4.78 is 6.32. The van der Waals surface area contributed by atoms with Gasteiger partial charge in [0.2, 0.25) is 0 Å². The van der Waals surface area contributed by atoms with Crippen LogP contribution >= 0.6 is 0 Å². The molecule has 1 saturated heterocycles. The fourth-order valence-corrected chi connectivity index (χ4v) is 6.76. The van der Waals surface area contributed by atoms with Crippen molar-refractivity contribution in [1.82, 2.24) is 0 Å². The molecule has 3 aliphatic carbocycles. The number of fused-ring (bicyclic) bond motifs is 1. The smallest absolute Gasteiger partial charge is 0.171 e. The summed E-state index contributed by atoms with van der Waals surface area (Å²) in [6, 6.07) is 0. The molecule has 0 N–H and O–H groups in total. The van der Waals surface area contributed by atoms with Gasteiger partial charge in [-0.1, -0.05) is 20.3 Å². The largest absolute Gasteiger partial charge is 0.361 e. The summed E-state index contributed by atoms with van der Waals surface area (Å²) in [6.45, 7) is 8.69. The number of ketones is 1. The molecule has 2 nitrogen and oxygen atoms in total. The zero-order valence-corrected chi connectivity index (χ0v) is 11.4. The van der Waals surface area contributed by atoms with Crippen LogP contribution in [0.1, 0.15) is 59.8 Å². The molecule has 1 aliphatic heterocycles. The highest BCUT2D eigenvalue weighted by atomic mass is 16.5. The van der Waals surface area contributed by atoms with Gasteiger partial charge >= 0.3 is 0 Å². The van der Waals surface area contributed by atoms with E-state index >= 15 is 0 Å². The van der Waals surface area contributed by atoms with Gasteiger partial charge in [0.1, 0.15) is 5.60 Å². The molecule has 2 heteroatoms. The van der Waals surface area contributed by atoms with E-state index in [9.17, 15) is 4.79 Å². The normalized spacial score (nSPS) is 62.2. The van der Waals surface area contributed by atoms with E-state index in [0.29, 0.717) is 5.78 Å². The molecule has 0 amide bonds. The van der Waals surface area contributed by atoms with Gasteiger partial charge in [-0.05, 0) is 44.9 Å². The van der Waals surface area contributed by atoms with E-state index in [0.717, 1.165) is 12.8 Å². The van der Waals surface area contributed by atoms with Crippen LogP contribution in [-0.2, 0) is 9.53 Å². The molecule has 4 aliphatic rings. The second kappa shape index (κ2) is 2.24. The van der Waals surface area contributed by atoms with Gasteiger partial charge in [0.05, 0.1) is 5.60 Å². The molecule has 4 atom stereocenters. The van der Waals surface area contributed by atoms with Crippen molar-refractivity contribution >= 4 is 5.78 Å². The summed E-state index contributed by atoms with van der Waals surface area (Å²) >= 11 is 0. The van der Waals surface area contributed by atoms with Gasteiger partial charge in [-0.3, -0.25) is 4.79 Å². The summed E-state index contributed by atoms with van der Waals surface area (Å²) in [5.41, 5.74) is -0.306. The molecule has 4 rings (SSSR count). The van der Waals surface area contributed by atoms with Crippen molar-refractivity contribution in [3.63, 3.8) is 0 Å². The lowest BCUT2D eigenvalue weighted by molar-refractivity contribution is -0.168. The minimum atomic E-state index is -0.486. The van der Waals surface area contributed by atoms with Crippen LogP contribution in [0.4, 0.5) is 0 Å². The van der Waals surface area contributed by atoms with Gasteiger partial charge in [-0.15, -0.1) is 0 Å². The van der Waals surface area contributed by atoms with Crippen LogP contribution in [0, 0.1) is 16.2 Å². The highest BCUT2D eigenvalue weighted by molar-refractivity contribution is 5.98. The molecule has 1 spiro atoms. The average Bonchev–Trinajstić information content (AvgIpc) is 2.75. The van der Waals surface area contributed by atoms with E-state index in [1.165, 1.54) is 19.3 Å². The lowest BCUT2D eigenvalue weighted by Crippen LogP contribution is -2.49. The first-order chi connectivity index (χ1) is 7.73. The topological polar surface area (TPSA) is 26.3 Å². The first-order valence-electron chi connectivity index (χ1n) is 6.98. The number of Topliss-reactive ketones (excluding diaryl/α,β-unsaturated/α-hetero) is 1. The van der Waals surface area contributed by atoms with Crippen molar-refractivity contribution in [2.45, 2.75) is 71.0 Å². The first kappa shape index (κ1) is 10.5. The van der Waals surface area contributed by atoms with Crippen LogP contribution in [0.2, 0.25) is 0 Å². The lowest BCUT2D eigenvalue weighted by Gasteiger charge is -2.47. The maximum absolute atomic E-state index is 12.9. The van der Waals surface area contributed by atoms with Gasteiger partial charge in [0, 0.05) is 10.8 Å². The average molecular weight is 234 g/mol. The van der Waals surface area contributed by atoms with Crippen LogP contribution in [0.3, 0.4) is 0 Å². The second-order valence-corrected chi connectivity index (χ2v) is 7.91. The van der Waals surface area contributed by atoms with Crippen LogP contribution < -0.4 is 0 Å². The van der Waals surface area contributed by atoms with Gasteiger partial charge in [-0.2, -0.15) is 0 Å². The molecular formula is C15H22O2. The zero-order valence-electron chi connectivity index (χ0n) is 11.4. The highest BCUT2D eigenvalue weighted by Gasteiger charge is 2.88. The molecule has 0 aromatic heterocycles. The maximum atomic E-state index is 12.9. The van der Waals surface area contributed by atoms with Gasteiger partial charge in [0.15, 0.2) is 5.78 Å². The number of ether oxygens (including phenoxy) is 1. The third-order valence-electron chi connectivity index (χ3n) is 7.04. The predicted octanol–water partition coefficient (Wildman–Crippen LogP) is 3.09. The number of carbonyl (C=O) groups is 1. The van der Waals surface area contributed by atoms with Crippen molar-refractivity contribution in [1.29, 1.82) is 0 Å². The maximum Gasteiger partial charge on any atom is 0.171 e. The zero-order chi connectivity index (χ0) is 12.3. The molecule has 94 valence electrons. The molecule has 17 heavy (non-hydrogen) atoms.